The normalized spacial score (nSPS) is 11.7. The second-order valence-corrected chi connectivity index (χ2v) is 7.14. The second-order valence-electron chi connectivity index (χ2n) is 5.78. The first-order valence-corrected chi connectivity index (χ1v) is 9.35. The minimum atomic E-state index is 0.367. The summed E-state index contributed by atoms with van der Waals surface area (Å²) in [5, 5.41) is 2.07. The zero-order valence-electron chi connectivity index (χ0n) is 14.9. The van der Waals surface area contributed by atoms with Crippen LogP contribution in [0.2, 0.25) is 5.15 Å². The monoisotopic (exact) mass is 407 g/mol. The lowest BCUT2D eigenvalue weighted by Gasteiger charge is -2.07. The Hall–Kier alpha value is -3.23. The highest BCUT2D eigenvalue weighted by Crippen LogP contribution is 2.38. The van der Waals surface area contributed by atoms with Crippen molar-refractivity contribution in [3.63, 3.8) is 0 Å². The van der Waals surface area contributed by atoms with Crippen LogP contribution in [0.3, 0.4) is 0 Å². The van der Waals surface area contributed by atoms with Gasteiger partial charge in [0.05, 0.1) is 16.1 Å². The lowest BCUT2D eigenvalue weighted by molar-refractivity contribution is 0.963. The van der Waals surface area contributed by atoms with Crippen molar-refractivity contribution in [1.82, 2.24) is 24.5 Å². The van der Waals surface area contributed by atoms with Crippen LogP contribution in [0.15, 0.2) is 59.8 Å². The lowest BCUT2D eigenvalue weighted by atomic mass is 10.2. The summed E-state index contributed by atoms with van der Waals surface area (Å²) in [5.41, 5.74) is 2.97. The van der Waals surface area contributed by atoms with Gasteiger partial charge in [-0.25, -0.2) is 29.9 Å². The molecule has 4 aromatic heterocycles. The quantitative estimate of drug-likeness (QED) is 0.371. The lowest BCUT2D eigenvalue weighted by Crippen LogP contribution is -2.04. The van der Waals surface area contributed by atoms with Crippen molar-refractivity contribution < 1.29 is 0 Å². The Morgan fingerprint density at radius 2 is 2.07 bits per heavy atom. The molecule has 0 saturated heterocycles. The van der Waals surface area contributed by atoms with E-state index >= 15 is 0 Å². The van der Waals surface area contributed by atoms with Gasteiger partial charge >= 0.3 is 0 Å². The molecule has 0 bridgehead atoms. The second kappa shape index (κ2) is 7.41. The third-order valence-corrected chi connectivity index (χ3v) is 5.57. The smallest absolute Gasteiger partial charge is 0.179 e. The third kappa shape index (κ3) is 3.12. The van der Waals surface area contributed by atoms with Gasteiger partial charge < -0.3 is 4.57 Å². The first-order chi connectivity index (χ1) is 13.6. The van der Waals surface area contributed by atoms with E-state index in [1.165, 1.54) is 23.9 Å². The van der Waals surface area contributed by atoms with E-state index < -0.39 is 0 Å². The van der Waals surface area contributed by atoms with Crippen molar-refractivity contribution >= 4 is 46.4 Å². The number of rotatable bonds is 4. The first-order valence-electron chi connectivity index (χ1n) is 8.16. The number of hydrogen-bond donors (Lipinski definition) is 0. The summed E-state index contributed by atoms with van der Waals surface area (Å²) in [6.07, 6.45) is 8.23. The van der Waals surface area contributed by atoms with Gasteiger partial charge in [-0.1, -0.05) is 18.2 Å². The van der Waals surface area contributed by atoms with E-state index in [-0.39, 0.29) is 0 Å². The molecule has 28 heavy (non-hydrogen) atoms. The minimum absolute atomic E-state index is 0.367. The van der Waals surface area contributed by atoms with Crippen molar-refractivity contribution in [2.75, 3.05) is 0 Å². The maximum absolute atomic E-state index is 6.44. The van der Waals surface area contributed by atoms with Crippen LogP contribution in [0.4, 0.5) is 0 Å². The molecule has 0 radical (unpaired) electrons. The summed E-state index contributed by atoms with van der Waals surface area (Å²) in [5.74, 6) is 0.390. The zero-order valence-corrected chi connectivity index (χ0v) is 16.4. The number of nitrogens with zero attached hydrogens (tertiary/aromatic N) is 7. The van der Waals surface area contributed by atoms with Gasteiger partial charge in [0.15, 0.2) is 5.84 Å². The van der Waals surface area contributed by atoms with Crippen molar-refractivity contribution in [3.05, 3.63) is 60.7 Å². The molecule has 9 heteroatoms. The fraction of sp³-hybridized carbons (Fsp3) is 0.0526. The predicted molar refractivity (Wildman–Crippen MR) is 114 cm³/mol. The van der Waals surface area contributed by atoms with E-state index in [1.807, 2.05) is 29.9 Å². The SMILES string of the molecule is C=CN=C(N=C)c1nc(-c2sc(-c3cncnc3)nc2Cl)cc2ccn(C)c12. The van der Waals surface area contributed by atoms with E-state index in [1.54, 1.807) is 12.4 Å². The molecule has 0 unspecified atom stereocenters. The Balaban J connectivity index is 1.93. The molecule has 4 heterocycles. The van der Waals surface area contributed by atoms with Gasteiger partial charge in [0.25, 0.3) is 0 Å². The van der Waals surface area contributed by atoms with Gasteiger partial charge in [0, 0.05) is 42.8 Å². The van der Waals surface area contributed by atoms with E-state index in [0.29, 0.717) is 22.4 Å². The Kier molecular flexibility index (Phi) is 4.81. The maximum atomic E-state index is 6.44. The number of halogens is 1. The number of hydrogen-bond acceptors (Lipinski definition) is 6. The van der Waals surface area contributed by atoms with Gasteiger partial charge in [-0.15, -0.1) is 11.3 Å². The van der Waals surface area contributed by atoms with Crippen LogP contribution in [-0.2, 0) is 7.05 Å². The number of aromatic nitrogens is 5. The van der Waals surface area contributed by atoms with Crippen molar-refractivity contribution in [2.24, 2.45) is 17.0 Å². The topological polar surface area (TPSA) is 81.2 Å². The number of fused-ring (bicyclic) bond motifs is 1. The molecule has 0 aliphatic carbocycles. The summed E-state index contributed by atoms with van der Waals surface area (Å²) in [4.78, 5) is 26.3. The van der Waals surface area contributed by atoms with Crippen molar-refractivity contribution in [3.8, 4) is 21.1 Å². The molecular formula is C19H14ClN7S. The number of thiazole rings is 1. The average Bonchev–Trinajstić information content (AvgIpc) is 3.29. The minimum Gasteiger partial charge on any atom is -0.349 e. The molecule has 0 aliphatic rings. The molecule has 0 spiro atoms. The fourth-order valence-corrected chi connectivity index (χ4v) is 4.09. The van der Waals surface area contributed by atoms with E-state index in [2.05, 4.69) is 38.2 Å². The van der Waals surface area contributed by atoms with Gasteiger partial charge in [0.2, 0.25) is 0 Å². The molecule has 0 fully saturated rings. The number of amidine groups is 1. The van der Waals surface area contributed by atoms with Crippen LogP contribution in [0.25, 0.3) is 32.0 Å². The molecular weight excluding hydrogens is 394 g/mol. The molecule has 0 saturated carbocycles. The molecule has 0 amide bonds. The third-order valence-electron chi connectivity index (χ3n) is 4.05. The number of aryl methyl sites for hydroxylation is 1. The molecule has 4 aromatic rings. The summed E-state index contributed by atoms with van der Waals surface area (Å²) < 4.78 is 1.96. The zero-order chi connectivity index (χ0) is 19.7. The standard InChI is InChI=1S/C19H14ClN7S/c1-4-24-18(21-2)14-15-11(5-6-27(15)3)7-13(25-14)16-17(20)26-19(28-16)12-8-22-10-23-9-12/h4-10H,1-2H2,3H3. The number of aliphatic imine (C=N–C) groups is 2. The van der Waals surface area contributed by atoms with Crippen LogP contribution < -0.4 is 0 Å². The Labute approximate surface area is 169 Å². The summed E-state index contributed by atoms with van der Waals surface area (Å²) in [6.45, 7) is 7.26. The van der Waals surface area contributed by atoms with Crippen LogP contribution in [-0.4, -0.2) is 37.1 Å². The molecule has 0 N–H and O–H groups in total. The largest absolute Gasteiger partial charge is 0.349 e. The van der Waals surface area contributed by atoms with Crippen molar-refractivity contribution in [1.29, 1.82) is 0 Å². The molecule has 4 rings (SSSR count). The van der Waals surface area contributed by atoms with Gasteiger partial charge in [-0.2, -0.15) is 0 Å². The highest BCUT2D eigenvalue weighted by Gasteiger charge is 2.19. The first kappa shape index (κ1) is 18.1. The molecule has 0 aromatic carbocycles. The van der Waals surface area contributed by atoms with E-state index in [4.69, 9.17) is 16.6 Å². The van der Waals surface area contributed by atoms with Crippen LogP contribution in [0, 0.1) is 0 Å². The highest BCUT2D eigenvalue weighted by atomic mass is 35.5. The maximum Gasteiger partial charge on any atom is 0.179 e. The predicted octanol–water partition coefficient (Wildman–Crippen LogP) is 4.40. The Bertz CT molecular complexity index is 1220. The molecule has 138 valence electrons. The summed E-state index contributed by atoms with van der Waals surface area (Å²) >= 11 is 7.87. The molecule has 7 nitrogen and oxygen atoms in total. The van der Waals surface area contributed by atoms with Crippen molar-refractivity contribution in [2.45, 2.75) is 0 Å². The summed E-state index contributed by atoms with van der Waals surface area (Å²) in [6, 6.07) is 3.97. The van der Waals surface area contributed by atoms with E-state index in [9.17, 15) is 0 Å². The highest BCUT2D eigenvalue weighted by molar-refractivity contribution is 7.19. The van der Waals surface area contributed by atoms with Gasteiger partial charge in [-0.3, -0.25) is 0 Å². The molecule has 0 aliphatic heterocycles. The average molecular weight is 408 g/mol. The Morgan fingerprint density at radius 1 is 1.29 bits per heavy atom. The Morgan fingerprint density at radius 3 is 2.79 bits per heavy atom. The number of pyridine rings is 1. The van der Waals surface area contributed by atoms with E-state index in [0.717, 1.165) is 26.4 Å². The fourth-order valence-electron chi connectivity index (χ4n) is 2.85. The van der Waals surface area contributed by atoms with Crippen LogP contribution in [0.5, 0.6) is 0 Å². The van der Waals surface area contributed by atoms with Crippen LogP contribution in [0.1, 0.15) is 5.69 Å². The summed E-state index contributed by atoms with van der Waals surface area (Å²) in [7, 11) is 1.94. The van der Waals surface area contributed by atoms with Gasteiger partial charge in [-0.05, 0) is 18.9 Å². The van der Waals surface area contributed by atoms with Crippen LogP contribution >= 0.6 is 22.9 Å². The molecule has 0 atom stereocenters. The van der Waals surface area contributed by atoms with Gasteiger partial charge in [0.1, 0.15) is 22.2 Å².